The highest BCUT2D eigenvalue weighted by Crippen LogP contribution is 2.37. The second-order valence-electron chi connectivity index (χ2n) is 6.44. The van der Waals surface area contributed by atoms with Crippen LogP contribution in [0.1, 0.15) is 36.0 Å². The van der Waals surface area contributed by atoms with E-state index in [2.05, 4.69) is 18.2 Å². The molecule has 0 aliphatic carbocycles. The Morgan fingerprint density at radius 1 is 0.864 bits per heavy atom. The molecule has 2 unspecified atom stereocenters. The van der Waals surface area contributed by atoms with E-state index in [0.717, 1.165) is 42.4 Å². The van der Waals surface area contributed by atoms with Crippen molar-refractivity contribution in [3.63, 3.8) is 0 Å². The summed E-state index contributed by atoms with van der Waals surface area (Å²) in [6, 6.07) is 18.3. The molecular weight excluding hydrogens is 272 g/mol. The topological polar surface area (TPSA) is 26.3 Å². The molecule has 112 valence electrons. The molecule has 0 N–H and O–H groups in total. The molecular formula is C20H20O2. The number of carbonyl (C=O) groups is 1. The number of fused-ring (bicyclic) bond motifs is 2. The second-order valence-corrected chi connectivity index (χ2v) is 6.44. The molecule has 0 radical (unpaired) electrons. The first-order chi connectivity index (χ1) is 10.8. The third-order valence-corrected chi connectivity index (χ3v) is 4.92. The van der Waals surface area contributed by atoms with Crippen LogP contribution in [0.3, 0.4) is 0 Å². The minimum absolute atomic E-state index is 0.136. The molecule has 2 aliphatic rings. The fraction of sp³-hybridized carbons (Fsp3) is 0.350. The van der Waals surface area contributed by atoms with Crippen molar-refractivity contribution in [2.75, 3.05) is 0 Å². The molecule has 2 aromatic carbocycles. The van der Waals surface area contributed by atoms with Crippen LogP contribution in [0.5, 0.6) is 0 Å². The molecule has 2 nitrogen and oxygen atoms in total. The van der Waals surface area contributed by atoms with E-state index < -0.39 is 0 Å². The van der Waals surface area contributed by atoms with Crippen LogP contribution in [-0.2, 0) is 4.74 Å². The van der Waals surface area contributed by atoms with Crippen molar-refractivity contribution < 1.29 is 9.53 Å². The minimum atomic E-state index is 0.136. The highest BCUT2D eigenvalue weighted by Gasteiger charge is 2.38. The van der Waals surface area contributed by atoms with Gasteiger partial charge in [0.2, 0.25) is 0 Å². The van der Waals surface area contributed by atoms with Crippen molar-refractivity contribution in [2.45, 2.75) is 37.9 Å². The van der Waals surface area contributed by atoms with Gasteiger partial charge in [-0.3, -0.25) is 4.79 Å². The molecule has 2 aromatic rings. The van der Waals surface area contributed by atoms with E-state index in [4.69, 9.17) is 4.74 Å². The van der Waals surface area contributed by atoms with Crippen LogP contribution in [0, 0.1) is 5.92 Å². The zero-order valence-corrected chi connectivity index (χ0v) is 12.6. The van der Waals surface area contributed by atoms with Gasteiger partial charge in [0.05, 0.1) is 12.2 Å². The molecule has 2 heteroatoms. The molecule has 2 saturated heterocycles. The molecule has 2 atom stereocenters. The average Bonchev–Trinajstić information content (AvgIpc) is 2.93. The lowest BCUT2D eigenvalue weighted by atomic mass is 9.87. The smallest absolute Gasteiger partial charge is 0.166 e. The number of Topliss-reactive ketones (excluding diaryl/α,β-unsaturated/α-hetero) is 1. The molecule has 2 aliphatic heterocycles. The lowest BCUT2D eigenvalue weighted by Gasteiger charge is -2.27. The maximum Gasteiger partial charge on any atom is 0.166 e. The summed E-state index contributed by atoms with van der Waals surface area (Å²) in [6.45, 7) is 0. The molecule has 2 bridgehead atoms. The van der Waals surface area contributed by atoms with Gasteiger partial charge in [-0.15, -0.1) is 0 Å². The van der Waals surface area contributed by atoms with Crippen molar-refractivity contribution in [2.24, 2.45) is 5.92 Å². The highest BCUT2D eigenvalue weighted by molar-refractivity contribution is 5.99. The predicted octanol–water partition coefficient (Wildman–Crippen LogP) is 4.49. The first-order valence-electron chi connectivity index (χ1n) is 8.15. The van der Waals surface area contributed by atoms with E-state index in [1.807, 2.05) is 36.4 Å². The molecule has 0 aromatic heterocycles. The molecule has 0 saturated carbocycles. The number of ketones is 1. The SMILES string of the molecule is O=C(c1cccc(-c2ccccc2)c1)C1CC2CCC(C1)O2. The summed E-state index contributed by atoms with van der Waals surface area (Å²) in [6.07, 6.45) is 4.65. The van der Waals surface area contributed by atoms with Crippen molar-refractivity contribution in [3.05, 3.63) is 60.2 Å². The van der Waals surface area contributed by atoms with Crippen LogP contribution in [-0.4, -0.2) is 18.0 Å². The molecule has 4 rings (SSSR count). The normalized spacial score (nSPS) is 26.8. The quantitative estimate of drug-likeness (QED) is 0.779. The summed E-state index contributed by atoms with van der Waals surface area (Å²) in [4.78, 5) is 12.8. The number of benzene rings is 2. The van der Waals surface area contributed by atoms with Crippen LogP contribution >= 0.6 is 0 Å². The fourth-order valence-electron chi connectivity index (χ4n) is 3.79. The number of ether oxygens (including phenoxy) is 1. The van der Waals surface area contributed by atoms with E-state index in [-0.39, 0.29) is 11.7 Å². The first kappa shape index (κ1) is 13.7. The Morgan fingerprint density at radius 3 is 2.27 bits per heavy atom. The number of carbonyl (C=O) groups excluding carboxylic acids is 1. The monoisotopic (exact) mass is 292 g/mol. The zero-order chi connectivity index (χ0) is 14.9. The Bertz CT molecular complexity index is 665. The Labute approximate surface area is 131 Å². The lowest BCUT2D eigenvalue weighted by molar-refractivity contribution is -0.0149. The van der Waals surface area contributed by atoms with Crippen LogP contribution in [0.15, 0.2) is 54.6 Å². The van der Waals surface area contributed by atoms with Gasteiger partial charge in [-0.25, -0.2) is 0 Å². The Kier molecular flexibility index (Phi) is 3.55. The Balaban J connectivity index is 1.59. The van der Waals surface area contributed by atoms with Crippen molar-refractivity contribution in [1.82, 2.24) is 0 Å². The maximum atomic E-state index is 12.8. The van der Waals surface area contributed by atoms with Crippen LogP contribution < -0.4 is 0 Å². The van der Waals surface area contributed by atoms with Gasteiger partial charge in [0.1, 0.15) is 0 Å². The van der Waals surface area contributed by atoms with Gasteiger partial charge in [-0.1, -0.05) is 48.5 Å². The first-order valence-corrected chi connectivity index (χ1v) is 8.15. The summed E-state index contributed by atoms with van der Waals surface area (Å²) < 4.78 is 5.85. The number of hydrogen-bond acceptors (Lipinski definition) is 2. The summed E-state index contributed by atoms with van der Waals surface area (Å²) in [7, 11) is 0. The molecule has 22 heavy (non-hydrogen) atoms. The van der Waals surface area contributed by atoms with Gasteiger partial charge in [0.15, 0.2) is 5.78 Å². The van der Waals surface area contributed by atoms with E-state index in [1.165, 1.54) is 0 Å². The van der Waals surface area contributed by atoms with E-state index in [1.54, 1.807) is 0 Å². The predicted molar refractivity (Wildman–Crippen MR) is 86.8 cm³/mol. The minimum Gasteiger partial charge on any atom is -0.375 e. The highest BCUT2D eigenvalue weighted by atomic mass is 16.5. The van der Waals surface area contributed by atoms with Gasteiger partial charge in [-0.05, 0) is 42.9 Å². The van der Waals surface area contributed by atoms with Crippen molar-refractivity contribution >= 4 is 5.78 Å². The largest absolute Gasteiger partial charge is 0.375 e. The van der Waals surface area contributed by atoms with Crippen molar-refractivity contribution in [3.8, 4) is 11.1 Å². The summed E-state index contributed by atoms with van der Waals surface area (Å²) in [5.74, 6) is 0.426. The molecule has 0 spiro atoms. The zero-order valence-electron chi connectivity index (χ0n) is 12.6. The third-order valence-electron chi connectivity index (χ3n) is 4.92. The molecule has 2 fully saturated rings. The van der Waals surface area contributed by atoms with Gasteiger partial charge in [-0.2, -0.15) is 0 Å². The van der Waals surface area contributed by atoms with Gasteiger partial charge >= 0.3 is 0 Å². The van der Waals surface area contributed by atoms with Crippen LogP contribution in [0.4, 0.5) is 0 Å². The second kappa shape index (κ2) is 5.69. The summed E-state index contributed by atoms with van der Waals surface area (Å²) in [5, 5.41) is 0. The third kappa shape index (κ3) is 2.59. The number of rotatable bonds is 3. The summed E-state index contributed by atoms with van der Waals surface area (Å²) >= 11 is 0. The van der Waals surface area contributed by atoms with Gasteiger partial charge in [0, 0.05) is 11.5 Å². The van der Waals surface area contributed by atoms with Gasteiger partial charge in [0.25, 0.3) is 0 Å². The fourth-order valence-corrected chi connectivity index (χ4v) is 3.79. The lowest BCUT2D eigenvalue weighted by Crippen LogP contribution is -2.30. The number of hydrogen-bond donors (Lipinski definition) is 0. The Hall–Kier alpha value is -1.93. The summed E-state index contributed by atoms with van der Waals surface area (Å²) in [5.41, 5.74) is 3.11. The van der Waals surface area contributed by atoms with E-state index >= 15 is 0 Å². The van der Waals surface area contributed by atoms with Crippen LogP contribution in [0.25, 0.3) is 11.1 Å². The average molecular weight is 292 g/mol. The standard InChI is InChI=1S/C20H20O2/c21-20(17-12-18-9-10-19(13-17)22-18)16-8-4-7-15(11-16)14-5-2-1-3-6-14/h1-8,11,17-19H,9-10,12-13H2. The van der Waals surface area contributed by atoms with Crippen LogP contribution in [0.2, 0.25) is 0 Å². The molecule has 2 heterocycles. The van der Waals surface area contributed by atoms with Crippen molar-refractivity contribution in [1.29, 1.82) is 0 Å². The Morgan fingerprint density at radius 2 is 1.55 bits per heavy atom. The van der Waals surface area contributed by atoms with E-state index in [0.29, 0.717) is 12.2 Å². The molecule has 0 amide bonds. The maximum absolute atomic E-state index is 12.8. The van der Waals surface area contributed by atoms with Gasteiger partial charge < -0.3 is 4.74 Å². The van der Waals surface area contributed by atoms with E-state index in [9.17, 15) is 4.79 Å².